The molecule has 1 saturated heterocycles. The van der Waals surface area contributed by atoms with E-state index in [0.29, 0.717) is 24.0 Å². The van der Waals surface area contributed by atoms with Gasteiger partial charge in [0.1, 0.15) is 9.84 Å². The Morgan fingerprint density at radius 2 is 2.12 bits per heavy atom. The lowest BCUT2D eigenvalue weighted by Gasteiger charge is -2.20. The molecule has 0 unspecified atom stereocenters. The minimum atomic E-state index is -2.76. The third-order valence-electron chi connectivity index (χ3n) is 3.08. The van der Waals surface area contributed by atoms with Gasteiger partial charge < -0.3 is 5.73 Å². The molecule has 2 heterocycles. The van der Waals surface area contributed by atoms with Crippen LogP contribution in [0.1, 0.15) is 24.2 Å². The molecule has 0 atom stereocenters. The number of nitrogens with zero attached hydrogens (tertiary/aromatic N) is 1. The molecule has 1 aliphatic heterocycles. The highest BCUT2D eigenvalue weighted by Gasteiger charge is 2.24. The Bertz CT molecular complexity index is 438. The fourth-order valence-electron chi connectivity index (χ4n) is 2.06. The van der Waals surface area contributed by atoms with Crippen LogP contribution in [0.5, 0.6) is 0 Å². The van der Waals surface area contributed by atoms with Crippen LogP contribution in [0.25, 0.3) is 0 Å². The smallest absolute Gasteiger partial charge is 0.150 e. The molecule has 1 aromatic heterocycles. The molecular weight excluding hydrogens is 226 g/mol. The number of rotatable bonds is 3. The second-order valence-electron chi connectivity index (χ2n) is 4.39. The van der Waals surface area contributed by atoms with Gasteiger partial charge >= 0.3 is 0 Å². The third-order valence-corrected chi connectivity index (χ3v) is 4.79. The van der Waals surface area contributed by atoms with Crippen LogP contribution in [0.15, 0.2) is 6.07 Å². The Labute approximate surface area is 95.3 Å². The van der Waals surface area contributed by atoms with Crippen molar-refractivity contribution in [3.05, 3.63) is 17.5 Å². The van der Waals surface area contributed by atoms with Crippen LogP contribution in [-0.4, -0.2) is 30.1 Å². The van der Waals surface area contributed by atoms with Crippen LogP contribution in [0.2, 0.25) is 0 Å². The first kappa shape index (κ1) is 11.6. The van der Waals surface area contributed by atoms with E-state index >= 15 is 0 Å². The summed E-state index contributed by atoms with van der Waals surface area (Å²) in [7, 11) is -2.76. The van der Waals surface area contributed by atoms with E-state index in [4.69, 9.17) is 5.73 Å². The van der Waals surface area contributed by atoms with Crippen LogP contribution >= 0.6 is 0 Å². The predicted octanol–water partition coefficient (Wildman–Crippen LogP) is 0.236. The molecule has 1 aromatic rings. The van der Waals surface area contributed by atoms with Crippen LogP contribution in [0.4, 0.5) is 0 Å². The number of aromatic nitrogens is 2. The molecule has 0 aliphatic carbocycles. The van der Waals surface area contributed by atoms with Crippen molar-refractivity contribution in [1.82, 2.24) is 10.2 Å². The van der Waals surface area contributed by atoms with Crippen molar-refractivity contribution in [1.29, 1.82) is 0 Å². The van der Waals surface area contributed by atoms with Crippen molar-refractivity contribution in [2.75, 3.05) is 11.5 Å². The molecule has 1 aliphatic rings. The van der Waals surface area contributed by atoms with Crippen molar-refractivity contribution in [2.45, 2.75) is 25.8 Å². The highest BCUT2D eigenvalue weighted by atomic mass is 32.2. The summed E-state index contributed by atoms with van der Waals surface area (Å²) < 4.78 is 22.5. The molecule has 0 amide bonds. The minimum Gasteiger partial charge on any atom is -0.325 e. The van der Waals surface area contributed by atoms with Gasteiger partial charge in [0.05, 0.1) is 17.2 Å². The molecule has 0 saturated carbocycles. The number of nitrogens with two attached hydrogens (primary N) is 1. The summed E-state index contributed by atoms with van der Waals surface area (Å²) in [4.78, 5) is 0. The number of hydrogen-bond acceptors (Lipinski definition) is 4. The first-order valence-electron chi connectivity index (χ1n) is 5.53. The van der Waals surface area contributed by atoms with Gasteiger partial charge in [0.2, 0.25) is 0 Å². The third kappa shape index (κ3) is 2.82. The van der Waals surface area contributed by atoms with Crippen molar-refractivity contribution in [2.24, 2.45) is 11.7 Å². The minimum absolute atomic E-state index is 0.325. The summed E-state index contributed by atoms with van der Waals surface area (Å²) in [6.45, 7) is 0.464. The first-order chi connectivity index (χ1) is 7.59. The SMILES string of the molecule is NCc1cc(CC2CCS(=O)(=O)CC2)n[nH]1. The van der Waals surface area contributed by atoms with Crippen molar-refractivity contribution < 1.29 is 8.42 Å². The van der Waals surface area contributed by atoms with Crippen LogP contribution in [-0.2, 0) is 22.8 Å². The zero-order valence-electron chi connectivity index (χ0n) is 9.15. The second kappa shape index (κ2) is 4.55. The van der Waals surface area contributed by atoms with Gasteiger partial charge in [0, 0.05) is 12.2 Å². The Kier molecular flexibility index (Phi) is 3.30. The number of hydrogen-bond donors (Lipinski definition) is 2. The van der Waals surface area contributed by atoms with Crippen molar-refractivity contribution in [3.8, 4) is 0 Å². The average Bonchev–Trinajstić information content (AvgIpc) is 2.69. The van der Waals surface area contributed by atoms with E-state index in [1.54, 1.807) is 0 Å². The topological polar surface area (TPSA) is 88.8 Å². The summed E-state index contributed by atoms with van der Waals surface area (Å²) in [6, 6.07) is 1.96. The molecular formula is C10H17N3O2S. The van der Waals surface area contributed by atoms with E-state index < -0.39 is 9.84 Å². The van der Waals surface area contributed by atoms with E-state index in [0.717, 1.165) is 30.7 Å². The van der Waals surface area contributed by atoms with E-state index in [-0.39, 0.29) is 0 Å². The molecule has 0 spiro atoms. The average molecular weight is 243 g/mol. The maximum absolute atomic E-state index is 11.3. The Balaban J connectivity index is 1.91. The standard InChI is InChI=1S/C10H17N3O2S/c11-7-10-6-9(12-13-10)5-8-1-3-16(14,15)4-2-8/h6,8H,1-5,7,11H2,(H,12,13). The van der Waals surface area contributed by atoms with E-state index in [2.05, 4.69) is 10.2 Å². The molecule has 0 radical (unpaired) electrons. The van der Waals surface area contributed by atoms with Gasteiger partial charge in [-0.05, 0) is 31.2 Å². The molecule has 2 rings (SSSR count). The second-order valence-corrected chi connectivity index (χ2v) is 6.69. The molecule has 5 nitrogen and oxygen atoms in total. The fraction of sp³-hybridized carbons (Fsp3) is 0.700. The van der Waals surface area contributed by atoms with Gasteiger partial charge in [-0.3, -0.25) is 5.10 Å². The molecule has 6 heteroatoms. The fourth-order valence-corrected chi connectivity index (χ4v) is 3.65. The van der Waals surface area contributed by atoms with Crippen molar-refractivity contribution >= 4 is 9.84 Å². The van der Waals surface area contributed by atoms with Crippen LogP contribution in [0, 0.1) is 5.92 Å². The number of H-pyrrole nitrogens is 1. The number of aromatic amines is 1. The Hall–Kier alpha value is -0.880. The van der Waals surface area contributed by atoms with Crippen molar-refractivity contribution in [3.63, 3.8) is 0 Å². The zero-order valence-corrected chi connectivity index (χ0v) is 9.96. The quantitative estimate of drug-likeness (QED) is 0.795. The molecule has 0 bridgehead atoms. The van der Waals surface area contributed by atoms with Gasteiger partial charge in [0.25, 0.3) is 0 Å². The highest BCUT2D eigenvalue weighted by molar-refractivity contribution is 7.91. The molecule has 16 heavy (non-hydrogen) atoms. The molecule has 3 N–H and O–H groups in total. The molecule has 0 aromatic carbocycles. The normalized spacial score (nSPS) is 21.1. The number of nitrogens with one attached hydrogen (secondary N) is 1. The molecule has 90 valence electrons. The summed E-state index contributed by atoms with van der Waals surface area (Å²) in [5, 5.41) is 7.03. The van der Waals surface area contributed by atoms with Gasteiger partial charge in [-0.2, -0.15) is 5.10 Å². The van der Waals surface area contributed by atoms with E-state index in [9.17, 15) is 8.42 Å². The number of sulfone groups is 1. The first-order valence-corrected chi connectivity index (χ1v) is 7.35. The van der Waals surface area contributed by atoms with Gasteiger partial charge in [-0.1, -0.05) is 0 Å². The van der Waals surface area contributed by atoms with Crippen LogP contribution in [0.3, 0.4) is 0 Å². The Morgan fingerprint density at radius 1 is 1.44 bits per heavy atom. The monoisotopic (exact) mass is 243 g/mol. The zero-order chi connectivity index (χ0) is 11.6. The predicted molar refractivity (Wildman–Crippen MR) is 61.6 cm³/mol. The van der Waals surface area contributed by atoms with Gasteiger partial charge in [-0.25, -0.2) is 8.42 Å². The van der Waals surface area contributed by atoms with Gasteiger partial charge in [0.15, 0.2) is 0 Å². The highest BCUT2D eigenvalue weighted by Crippen LogP contribution is 2.22. The lowest BCUT2D eigenvalue weighted by atomic mass is 9.97. The van der Waals surface area contributed by atoms with Crippen LogP contribution < -0.4 is 5.73 Å². The maximum Gasteiger partial charge on any atom is 0.150 e. The van der Waals surface area contributed by atoms with Gasteiger partial charge in [-0.15, -0.1) is 0 Å². The Morgan fingerprint density at radius 3 is 2.69 bits per heavy atom. The summed E-state index contributed by atoms with van der Waals surface area (Å²) in [5.41, 5.74) is 7.40. The maximum atomic E-state index is 11.3. The largest absolute Gasteiger partial charge is 0.325 e. The summed E-state index contributed by atoms with van der Waals surface area (Å²) in [6.07, 6.45) is 2.37. The summed E-state index contributed by atoms with van der Waals surface area (Å²) >= 11 is 0. The van der Waals surface area contributed by atoms with E-state index in [1.807, 2.05) is 6.07 Å². The molecule has 1 fully saturated rings. The lowest BCUT2D eigenvalue weighted by Crippen LogP contribution is -2.24. The van der Waals surface area contributed by atoms with E-state index in [1.165, 1.54) is 0 Å². The lowest BCUT2D eigenvalue weighted by molar-refractivity contribution is 0.458. The summed E-state index contributed by atoms with van der Waals surface area (Å²) in [5.74, 6) is 1.09.